The van der Waals surface area contributed by atoms with Gasteiger partial charge in [0.2, 0.25) is 0 Å². The molecule has 1 N–H and O–H groups in total. The van der Waals surface area contributed by atoms with Crippen molar-refractivity contribution in [1.82, 2.24) is 14.5 Å². The highest BCUT2D eigenvalue weighted by atomic mass is 15.2. The van der Waals surface area contributed by atoms with Crippen molar-refractivity contribution in [1.29, 1.82) is 0 Å². The van der Waals surface area contributed by atoms with Crippen LogP contribution in [0, 0.1) is 5.92 Å². The van der Waals surface area contributed by atoms with E-state index in [0.29, 0.717) is 12.0 Å². The van der Waals surface area contributed by atoms with E-state index in [2.05, 4.69) is 154 Å². The van der Waals surface area contributed by atoms with Gasteiger partial charge in [-0.15, -0.1) is 0 Å². The van der Waals surface area contributed by atoms with Gasteiger partial charge in [0, 0.05) is 39.2 Å². The van der Waals surface area contributed by atoms with Gasteiger partial charge in [-0.2, -0.15) is 0 Å². The SMILES string of the molecule is C1=CCCC(C2CC(c3ccccc3)NC(n3c4ccccc4c4c(-c5cccc6c5c5c(n6C6=CCCC=C6)CCC=C5)cccc43)C2)=C1. The smallest absolute Gasteiger partial charge is 0.0856 e. The Morgan fingerprint density at radius 1 is 0.620 bits per heavy atom. The molecule has 246 valence electrons. The van der Waals surface area contributed by atoms with E-state index in [1.54, 1.807) is 5.57 Å². The summed E-state index contributed by atoms with van der Waals surface area (Å²) < 4.78 is 5.20. The summed E-state index contributed by atoms with van der Waals surface area (Å²) in [5.41, 5.74) is 13.7. The normalized spacial score (nSPS) is 21.9. The van der Waals surface area contributed by atoms with Crippen LogP contribution in [0.15, 0.2) is 139 Å². The highest BCUT2D eigenvalue weighted by Crippen LogP contribution is 2.47. The van der Waals surface area contributed by atoms with Crippen molar-refractivity contribution >= 4 is 44.5 Å². The Hall–Kier alpha value is -5.12. The van der Waals surface area contributed by atoms with Gasteiger partial charge in [0.25, 0.3) is 0 Å². The molecule has 1 fully saturated rings. The zero-order chi connectivity index (χ0) is 33.0. The van der Waals surface area contributed by atoms with Crippen LogP contribution in [-0.4, -0.2) is 9.13 Å². The van der Waals surface area contributed by atoms with Crippen LogP contribution in [0.2, 0.25) is 0 Å². The van der Waals surface area contributed by atoms with Crippen LogP contribution in [0.3, 0.4) is 0 Å². The number of aromatic nitrogens is 2. The highest BCUT2D eigenvalue weighted by Gasteiger charge is 2.34. The lowest BCUT2D eigenvalue weighted by Crippen LogP contribution is -2.38. The molecule has 1 saturated heterocycles. The fraction of sp³-hybridized carbons (Fsp3) is 0.234. The maximum Gasteiger partial charge on any atom is 0.0856 e. The molecule has 0 spiro atoms. The van der Waals surface area contributed by atoms with E-state index < -0.39 is 0 Å². The number of fused-ring (bicyclic) bond motifs is 6. The average Bonchev–Trinajstić information content (AvgIpc) is 3.72. The zero-order valence-corrected chi connectivity index (χ0v) is 28.6. The number of nitrogens with zero attached hydrogens (tertiary/aromatic N) is 2. The van der Waals surface area contributed by atoms with E-state index in [0.717, 1.165) is 44.9 Å². The quantitative estimate of drug-likeness (QED) is 0.197. The maximum absolute atomic E-state index is 4.19. The first-order chi connectivity index (χ1) is 24.8. The first kappa shape index (κ1) is 29.8. The molecule has 3 atom stereocenters. The molecule has 3 heteroatoms. The maximum atomic E-state index is 4.19. The molecule has 3 aliphatic carbocycles. The molecule has 0 saturated carbocycles. The van der Waals surface area contributed by atoms with Crippen LogP contribution in [0.1, 0.15) is 74.0 Å². The summed E-state index contributed by atoms with van der Waals surface area (Å²) in [6.45, 7) is 0. The summed E-state index contributed by atoms with van der Waals surface area (Å²) in [5.74, 6) is 0.533. The largest absolute Gasteiger partial charge is 0.324 e. The number of hydrogen-bond acceptors (Lipinski definition) is 1. The molecule has 3 unspecified atom stereocenters. The van der Waals surface area contributed by atoms with Gasteiger partial charge in [-0.1, -0.05) is 121 Å². The van der Waals surface area contributed by atoms with E-state index in [9.17, 15) is 0 Å². The monoisotopic (exact) mass is 649 g/mol. The van der Waals surface area contributed by atoms with E-state index in [1.165, 1.54) is 72.8 Å². The predicted molar refractivity (Wildman–Crippen MR) is 211 cm³/mol. The zero-order valence-electron chi connectivity index (χ0n) is 28.6. The van der Waals surface area contributed by atoms with Crippen molar-refractivity contribution in [2.75, 3.05) is 0 Å². The Morgan fingerprint density at radius 3 is 2.24 bits per heavy atom. The highest BCUT2D eigenvalue weighted by molar-refractivity contribution is 6.18. The second-order valence-electron chi connectivity index (χ2n) is 14.6. The van der Waals surface area contributed by atoms with E-state index in [-0.39, 0.29) is 6.17 Å². The number of piperidine rings is 1. The van der Waals surface area contributed by atoms with Crippen LogP contribution in [-0.2, 0) is 6.42 Å². The molecule has 0 bridgehead atoms. The van der Waals surface area contributed by atoms with Gasteiger partial charge in [0.05, 0.1) is 22.7 Å². The standard InChI is InChI=1S/C47H43N3/c1-4-16-32(17-5-1)34-30-40(33-18-6-2-7-19-33)48-45(31-34)50-42-27-13-11-23-39(42)47-37(25-15-29-44(47)50)36-24-14-28-43-46(36)38-22-10-12-26-41(38)49(43)35-20-8-3-9-21-35/h1-2,4,6-8,10-11,13-16,18-25,27-29,34,40,45,48H,3,5,9,12,17,26,30-31H2. The lowest BCUT2D eigenvalue weighted by molar-refractivity contribution is 0.221. The molecular formula is C47H43N3. The topological polar surface area (TPSA) is 21.9 Å². The van der Waals surface area contributed by atoms with Crippen LogP contribution in [0.25, 0.3) is 55.6 Å². The number of nitrogens with one attached hydrogen (secondary N) is 1. The summed E-state index contributed by atoms with van der Waals surface area (Å²) in [6.07, 6.45) is 27.9. The van der Waals surface area contributed by atoms with Crippen LogP contribution in [0.4, 0.5) is 0 Å². The van der Waals surface area contributed by atoms with Crippen LogP contribution >= 0.6 is 0 Å². The van der Waals surface area contributed by atoms with Gasteiger partial charge in [0.1, 0.15) is 0 Å². The van der Waals surface area contributed by atoms with Crippen LogP contribution in [0.5, 0.6) is 0 Å². The Morgan fingerprint density at radius 2 is 1.40 bits per heavy atom. The molecule has 3 heterocycles. The molecular weight excluding hydrogens is 607 g/mol. The fourth-order valence-electron chi connectivity index (χ4n) is 9.54. The predicted octanol–water partition coefficient (Wildman–Crippen LogP) is 12.1. The van der Waals surface area contributed by atoms with Crippen LogP contribution < -0.4 is 5.32 Å². The lowest BCUT2D eigenvalue weighted by Gasteiger charge is -2.39. The van der Waals surface area contributed by atoms with Gasteiger partial charge >= 0.3 is 0 Å². The van der Waals surface area contributed by atoms with Gasteiger partial charge in [-0.05, 0) is 98.2 Å². The van der Waals surface area contributed by atoms with Crippen molar-refractivity contribution < 1.29 is 0 Å². The number of rotatable bonds is 5. The van der Waals surface area contributed by atoms with Crippen molar-refractivity contribution in [3.8, 4) is 11.1 Å². The first-order valence-corrected chi connectivity index (χ1v) is 18.7. The number of hydrogen-bond donors (Lipinski definition) is 1. The van der Waals surface area contributed by atoms with Crippen molar-refractivity contribution in [3.63, 3.8) is 0 Å². The summed E-state index contributed by atoms with van der Waals surface area (Å²) in [5, 5.41) is 8.25. The Bertz CT molecular complexity index is 2420. The fourth-order valence-corrected chi connectivity index (χ4v) is 9.54. The second-order valence-corrected chi connectivity index (χ2v) is 14.6. The van der Waals surface area contributed by atoms with Crippen molar-refractivity contribution in [3.05, 3.63) is 156 Å². The minimum absolute atomic E-state index is 0.168. The summed E-state index contributed by atoms with van der Waals surface area (Å²) in [4.78, 5) is 0. The van der Waals surface area contributed by atoms with Gasteiger partial charge < -0.3 is 9.13 Å². The Kier molecular flexibility index (Phi) is 7.34. The summed E-state index contributed by atoms with van der Waals surface area (Å²) in [7, 11) is 0. The minimum atomic E-state index is 0.168. The minimum Gasteiger partial charge on any atom is -0.324 e. The number of benzene rings is 4. The third-order valence-corrected chi connectivity index (χ3v) is 11.7. The number of allylic oxidation sites excluding steroid dienone is 9. The molecule has 4 aromatic carbocycles. The third-order valence-electron chi connectivity index (χ3n) is 11.7. The molecule has 4 aliphatic rings. The molecule has 50 heavy (non-hydrogen) atoms. The molecule has 10 rings (SSSR count). The van der Waals surface area contributed by atoms with Crippen molar-refractivity contribution in [2.24, 2.45) is 5.92 Å². The molecule has 2 aromatic heterocycles. The van der Waals surface area contributed by atoms with Gasteiger partial charge in [0.15, 0.2) is 0 Å². The molecule has 6 aromatic rings. The van der Waals surface area contributed by atoms with Crippen molar-refractivity contribution in [2.45, 2.75) is 63.6 Å². The second kappa shape index (κ2) is 12.3. The summed E-state index contributed by atoms with van der Waals surface area (Å²) >= 11 is 0. The summed E-state index contributed by atoms with van der Waals surface area (Å²) in [6, 6.07) is 34.5. The molecule has 0 amide bonds. The van der Waals surface area contributed by atoms with E-state index >= 15 is 0 Å². The van der Waals surface area contributed by atoms with Gasteiger partial charge in [-0.3, -0.25) is 5.32 Å². The number of para-hydroxylation sites is 1. The molecule has 3 nitrogen and oxygen atoms in total. The van der Waals surface area contributed by atoms with Gasteiger partial charge in [-0.25, -0.2) is 0 Å². The molecule has 0 radical (unpaired) electrons. The van der Waals surface area contributed by atoms with E-state index in [1.807, 2.05) is 0 Å². The first-order valence-electron chi connectivity index (χ1n) is 18.7. The Balaban J connectivity index is 1.18. The Labute approximate surface area is 294 Å². The average molecular weight is 650 g/mol. The lowest BCUT2D eigenvalue weighted by atomic mass is 9.79. The molecule has 1 aliphatic heterocycles. The van der Waals surface area contributed by atoms with E-state index in [4.69, 9.17) is 0 Å². The third kappa shape index (κ3) is 4.82.